The first-order chi connectivity index (χ1) is 8.63. The minimum Gasteiger partial charge on any atom is -0.326 e. The van der Waals surface area contributed by atoms with E-state index in [1.807, 2.05) is 0 Å². The van der Waals surface area contributed by atoms with Gasteiger partial charge in [0.05, 0.1) is 0 Å². The molecule has 0 spiro atoms. The van der Waals surface area contributed by atoms with Gasteiger partial charge in [-0.3, -0.25) is 4.90 Å². The first-order valence-corrected chi connectivity index (χ1v) is 7.68. The van der Waals surface area contributed by atoms with Crippen molar-refractivity contribution < 1.29 is 0 Å². The smallest absolute Gasteiger partial charge is 0.0499 e. The maximum atomic E-state index is 6.35. The second-order valence-electron chi connectivity index (χ2n) is 4.70. The van der Waals surface area contributed by atoms with Gasteiger partial charge in [-0.1, -0.05) is 48.8 Å². The molecular weight excluding hydrogens is 288 g/mol. The lowest BCUT2D eigenvalue weighted by molar-refractivity contribution is 0.178. The summed E-state index contributed by atoms with van der Waals surface area (Å²) in [5.41, 5.74) is 7.66. The van der Waals surface area contributed by atoms with E-state index in [4.69, 9.17) is 5.73 Å². The van der Waals surface area contributed by atoms with Gasteiger partial charge in [0.15, 0.2) is 0 Å². The molecule has 2 atom stereocenters. The summed E-state index contributed by atoms with van der Waals surface area (Å²) in [7, 11) is 0. The maximum absolute atomic E-state index is 6.35. The molecule has 0 bridgehead atoms. The van der Waals surface area contributed by atoms with E-state index in [1.165, 1.54) is 5.56 Å². The SMILES string of the molecule is CCCN(CC)C(c1cccc(Br)c1)C(N)CC. The van der Waals surface area contributed by atoms with Crippen molar-refractivity contribution >= 4 is 15.9 Å². The number of nitrogens with two attached hydrogens (primary N) is 1. The maximum Gasteiger partial charge on any atom is 0.0499 e. The molecule has 0 fully saturated rings. The molecule has 2 nitrogen and oxygen atoms in total. The highest BCUT2D eigenvalue weighted by Crippen LogP contribution is 2.27. The Labute approximate surface area is 120 Å². The highest BCUT2D eigenvalue weighted by molar-refractivity contribution is 9.10. The minimum atomic E-state index is 0.186. The van der Waals surface area contributed by atoms with Crippen molar-refractivity contribution in [3.8, 4) is 0 Å². The zero-order valence-electron chi connectivity index (χ0n) is 11.7. The van der Waals surface area contributed by atoms with Gasteiger partial charge < -0.3 is 5.73 Å². The summed E-state index contributed by atoms with van der Waals surface area (Å²) in [6, 6.07) is 9.04. The lowest BCUT2D eigenvalue weighted by Gasteiger charge is -2.35. The van der Waals surface area contributed by atoms with Gasteiger partial charge in [-0.25, -0.2) is 0 Å². The van der Waals surface area contributed by atoms with Crippen LogP contribution in [0, 0.1) is 0 Å². The molecule has 0 aliphatic heterocycles. The molecule has 1 rings (SSSR count). The van der Waals surface area contributed by atoms with Gasteiger partial charge in [0.25, 0.3) is 0 Å². The van der Waals surface area contributed by atoms with Crippen LogP contribution in [0.1, 0.15) is 45.2 Å². The van der Waals surface area contributed by atoms with Gasteiger partial charge >= 0.3 is 0 Å². The van der Waals surface area contributed by atoms with Crippen molar-refractivity contribution in [3.05, 3.63) is 34.3 Å². The van der Waals surface area contributed by atoms with Crippen molar-refractivity contribution in [2.24, 2.45) is 5.73 Å². The molecule has 0 aliphatic carbocycles. The Balaban J connectivity index is 3.03. The van der Waals surface area contributed by atoms with Gasteiger partial charge in [-0.15, -0.1) is 0 Å². The van der Waals surface area contributed by atoms with Crippen LogP contribution in [-0.2, 0) is 0 Å². The summed E-state index contributed by atoms with van der Waals surface area (Å²) in [4.78, 5) is 2.48. The lowest BCUT2D eigenvalue weighted by atomic mass is 9.96. The number of nitrogens with zero attached hydrogens (tertiary/aromatic N) is 1. The first kappa shape index (κ1) is 15.7. The van der Waals surface area contributed by atoms with Gasteiger partial charge in [-0.05, 0) is 43.6 Å². The fraction of sp³-hybridized carbons (Fsp3) is 0.600. The average molecular weight is 313 g/mol. The highest BCUT2D eigenvalue weighted by Gasteiger charge is 2.24. The second-order valence-corrected chi connectivity index (χ2v) is 5.62. The molecule has 3 heteroatoms. The van der Waals surface area contributed by atoms with Crippen LogP contribution in [0.15, 0.2) is 28.7 Å². The molecule has 102 valence electrons. The molecule has 0 saturated carbocycles. The third-order valence-electron chi connectivity index (χ3n) is 3.38. The van der Waals surface area contributed by atoms with E-state index in [0.717, 1.165) is 30.4 Å². The molecule has 2 N–H and O–H groups in total. The third-order valence-corrected chi connectivity index (χ3v) is 3.87. The molecule has 0 aromatic heterocycles. The molecule has 0 amide bonds. The molecule has 1 aromatic rings. The van der Waals surface area contributed by atoms with Gasteiger partial charge in [0.2, 0.25) is 0 Å². The van der Waals surface area contributed by atoms with Crippen molar-refractivity contribution in [1.29, 1.82) is 0 Å². The summed E-state index contributed by atoms with van der Waals surface area (Å²) in [6.45, 7) is 8.73. The van der Waals surface area contributed by atoms with Crippen LogP contribution in [0.4, 0.5) is 0 Å². The Bertz CT molecular complexity index is 354. The largest absolute Gasteiger partial charge is 0.326 e. The molecule has 2 unspecified atom stereocenters. The van der Waals surface area contributed by atoms with E-state index in [2.05, 4.69) is 65.9 Å². The lowest BCUT2D eigenvalue weighted by Crippen LogP contribution is -2.41. The van der Waals surface area contributed by atoms with Crippen LogP contribution >= 0.6 is 15.9 Å². The van der Waals surface area contributed by atoms with Crippen LogP contribution in [0.5, 0.6) is 0 Å². The Morgan fingerprint density at radius 2 is 2.00 bits per heavy atom. The standard InChI is InChI=1S/C15H25BrN2/c1-4-10-18(6-3)15(14(17)5-2)12-8-7-9-13(16)11-12/h7-9,11,14-15H,4-6,10,17H2,1-3H3. The van der Waals surface area contributed by atoms with Crippen LogP contribution in [-0.4, -0.2) is 24.0 Å². The van der Waals surface area contributed by atoms with E-state index in [9.17, 15) is 0 Å². The van der Waals surface area contributed by atoms with E-state index in [-0.39, 0.29) is 6.04 Å². The van der Waals surface area contributed by atoms with Crippen LogP contribution in [0.3, 0.4) is 0 Å². The number of rotatable bonds is 7. The summed E-state index contributed by atoms with van der Waals surface area (Å²) in [5.74, 6) is 0. The van der Waals surface area contributed by atoms with Gasteiger partial charge in [-0.2, -0.15) is 0 Å². The molecule has 0 aliphatic rings. The van der Waals surface area contributed by atoms with Crippen LogP contribution < -0.4 is 5.73 Å². The third kappa shape index (κ3) is 4.08. The molecule has 1 aromatic carbocycles. The summed E-state index contributed by atoms with van der Waals surface area (Å²) < 4.78 is 1.13. The van der Waals surface area contributed by atoms with Crippen molar-refractivity contribution in [2.75, 3.05) is 13.1 Å². The number of halogens is 1. The Hall–Kier alpha value is -0.380. The predicted molar refractivity (Wildman–Crippen MR) is 82.7 cm³/mol. The zero-order valence-corrected chi connectivity index (χ0v) is 13.3. The quantitative estimate of drug-likeness (QED) is 0.825. The Kier molecular flexibility index (Phi) is 6.90. The van der Waals surface area contributed by atoms with Crippen molar-refractivity contribution in [2.45, 2.75) is 45.7 Å². The molecular formula is C15H25BrN2. The van der Waals surface area contributed by atoms with Crippen LogP contribution in [0.2, 0.25) is 0 Å². The number of likely N-dealkylation sites (N-methyl/N-ethyl adjacent to an activating group) is 1. The van der Waals surface area contributed by atoms with E-state index in [1.54, 1.807) is 0 Å². The second kappa shape index (κ2) is 7.93. The van der Waals surface area contributed by atoms with E-state index < -0.39 is 0 Å². The van der Waals surface area contributed by atoms with Gasteiger partial charge in [0.1, 0.15) is 0 Å². The number of hydrogen-bond donors (Lipinski definition) is 1. The molecule has 0 radical (unpaired) electrons. The summed E-state index contributed by atoms with van der Waals surface area (Å²) >= 11 is 3.55. The monoisotopic (exact) mass is 312 g/mol. The normalized spacial score (nSPS) is 14.8. The average Bonchev–Trinajstić information content (AvgIpc) is 2.37. The Morgan fingerprint density at radius 3 is 2.50 bits per heavy atom. The minimum absolute atomic E-state index is 0.186. The molecule has 0 heterocycles. The topological polar surface area (TPSA) is 29.3 Å². The van der Waals surface area contributed by atoms with Crippen molar-refractivity contribution in [3.63, 3.8) is 0 Å². The number of benzene rings is 1. The zero-order chi connectivity index (χ0) is 13.5. The van der Waals surface area contributed by atoms with Crippen molar-refractivity contribution in [1.82, 2.24) is 4.90 Å². The summed E-state index contributed by atoms with van der Waals surface area (Å²) in [6.07, 6.45) is 2.16. The Morgan fingerprint density at radius 1 is 1.28 bits per heavy atom. The molecule has 0 saturated heterocycles. The number of hydrogen-bond acceptors (Lipinski definition) is 2. The van der Waals surface area contributed by atoms with E-state index in [0.29, 0.717) is 6.04 Å². The van der Waals surface area contributed by atoms with Crippen LogP contribution in [0.25, 0.3) is 0 Å². The molecule has 18 heavy (non-hydrogen) atoms. The van der Waals surface area contributed by atoms with Gasteiger partial charge in [0, 0.05) is 16.6 Å². The van der Waals surface area contributed by atoms with E-state index >= 15 is 0 Å². The first-order valence-electron chi connectivity index (χ1n) is 6.89. The summed E-state index contributed by atoms with van der Waals surface area (Å²) in [5, 5.41) is 0. The predicted octanol–water partition coefficient (Wildman–Crippen LogP) is 3.96. The highest BCUT2D eigenvalue weighted by atomic mass is 79.9. The fourth-order valence-electron chi connectivity index (χ4n) is 2.42. The fourth-order valence-corrected chi connectivity index (χ4v) is 2.84.